The van der Waals surface area contributed by atoms with Gasteiger partial charge in [0.15, 0.2) is 0 Å². The van der Waals surface area contributed by atoms with Gasteiger partial charge in [0, 0.05) is 18.5 Å². The summed E-state index contributed by atoms with van der Waals surface area (Å²) in [6.45, 7) is 5.54. The van der Waals surface area contributed by atoms with Crippen LogP contribution < -0.4 is 10.6 Å². The number of piperidine rings is 1. The summed E-state index contributed by atoms with van der Waals surface area (Å²) in [7, 11) is 0. The molecule has 2 rings (SSSR count). The van der Waals surface area contributed by atoms with E-state index in [1.165, 1.54) is 0 Å². The summed E-state index contributed by atoms with van der Waals surface area (Å²) in [6, 6.07) is -0.0382. The molecule has 0 spiro atoms. The van der Waals surface area contributed by atoms with Gasteiger partial charge in [0.25, 0.3) is 0 Å². The monoisotopic (exact) mass is 265 g/mol. The molecule has 1 atom stereocenters. The van der Waals surface area contributed by atoms with Gasteiger partial charge in [-0.2, -0.15) is 0 Å². The van der Waals surface area contributed by atoms with E-state index in [1.54, 1.807) is 0 Å². The topological polar surface area (TPSA) is 67.2 Å². The highest BCUT2D eigenvalue weighted by Gasteiger charge is 2.21. The SMILES string of the molecule is CCc1noc(CC)c1CNC(=O)C1CCCCN1. The molecule has 1 saturated heterocycles. The zero-order valence-corrected chi connectivity index (χ0v) is 11.8. The number of aryl methyl sites for hydroxylation is 2. The highest BCUT2D eigenvalue weighted by molar-refractivity contribution is 5.81. The summed E-state index contributed by atoms with van der Waals surface area (Å²) in [6.07, 6.45) is 4.85. The lowest BCUT2D eigenvalue weighted by Gasteiger charge is -2.22. The third-order valence-electron chi connectivity index (χ3n) is 3.67. The van der Waals surface area contributed by atoms with Crippen molar-refractivity contribution >= 4 is 5.91 Å². The first-order valence-corrected chi connectivity index (χ1v) is 7.23. The van der Waals surface area contributed by atoms with Gasteiger partial charge in [-0.3, -0.25) is 4.79 Å². The fourth-order valence-corrected chi connectivity index (χ4v) is 2.51. The van der Waals surface area contributed by atoms with Crippen LogP contribution in [0.15, 0.2) is 4.52 Å². The van der Waals surface area contributed by atoms with E-state index in [9.17, 15) is 4.79 Å². The second-order valence-electron chi connectivity index (χ2n) is 4.96. The minimum absolute atomic E-state index is 0.0382. The highest BCUT2D eigenvalue weighted by Crippen LogP contribution is 2.15. The van der Waals surface area contributed by atoms with Gasteiger partial charge in [-0.05, 0) is 25.8 Å². The predicted molar refractivity (Wildman–Crippen MR) is 72.7 cm³/mol. The Balaban J connectivity index is 1.94. The zero-order chi connectivity index (χ0) is 13.7. The van der Waals surface area contributed by atoms with Crippen molar-refractivity contribution in [2.24, 2.45) is 0 Å². The van der Waals surface area contributed by atoms with E-state index in [1.807, 2.05) is 13.8 Å². The third kappa shape index (κ3) is 3.35. The van der Waals surface area contributed by atoms with Gasteiger partial charge < -0.3 is 15.2 Å². The summed E-state index contributed by atoms with van der Waals surface area (Å²) in [5, 5.41) is 10.3. The van der Waals surface area contributed by atoms with Crippen LogP contribution in [0.3, 0.4) is 0 Å². The van der Waals surface area contributed by atoms with Crippen LogP contribution in [-0.4, -0.2) is 23.7 Å². The van der Waals surface area contributed by atoms with Crippen LogP contribution in [0.1, 0.15) is 50.1 Å². The Bertz CT molecular complexity index is 401. The molecule has 2 heterocycles. The highest BCUT2D eigenvalue weighted by atomic mass is 16.5. The second-order valence-corrected chi connectivity index (χ2v) is 4.96. The van der Waals surface area contributed by atoms with Gasteiger partial charge in [0.05, 0.1) is 11.7 Å². The normalized spacial score (nSPS) is 19.4. The molecule has 106 valence electrons. The second kappa shape index (κ2) is 6.70. The Morgan fingerprint density at radius 1 is 1.42 bits per heavy atom. The molecule has 0 saturated carbocycles. The summed E-state index contributed by atoms with van der Waals surface area (Å²) in [5.74, 6) is 0.971. The van der Waals surface area contributed by atoms with Crippen molar-refractivity contribution in [2.45, 2.75) is 58.5 Å². The van der Waals surface area contributed by atoms with Crippen molar-refractivity contribution in [3.8, 4) is 0 Å². The molecule has 1 fully saturated rings. The maximum absolute atomic E-state index is 12.1. The lowest BCUT2D eigenvalue weighted by Crippen LogP contribution is -2.46. The minimum atomic E-state index is -0.0382. The van der Waals surface area contributed by atoms with Crippen molar-refractivity contribution in [3.63, 3.8) is 0 Å². The molecule has 19 heavy (non-hydrogen) atoms. The molecular weight excluding hydrogens is 242 g/mol. The number of nitrogens with zero attached hydrogens (tertiary/aromatic N) is 1. The smallest absolute Gasteiger partial charge is 0.237 e. The van der Waals surface area contributed by atoms with Crippen LogP contribution in [0.5, 0.6) is 0 Å². The maximum Gasteiger partial charge on any atom is 0.237 e. The molecule has 1 aromatic rings. The number of rotatable bonds is 5. The van der Waals surface area contributed by atoms with E-state index >= 15 is 0 Å². The Labute approximate surface area is 114 Å². The van der Waals surface area contributed by atoms with Crippen molar-refractivity contribution < 1.29 is 9.32 Å². The Hall–Kier alpha value is -1.36. The molecule has 0 aliphatic carbocycles. The van der Waals surface area contributed by atoms with Gasteiger partial charge >= 0.3 is 0 Å². The summed E-state index contributed by atoms with van der Waals surface area (Å²) in [4.78, 5) is 12.1. The van der Waals surface area contributed by atoms with E-state index in [0.29, 0.717) is 6.54 Å². The standard InChI is InChI=1S/C14H23N3O2/c1-3-11-10(13(4-2)19-17-11)9-16-14(18)12-7-5-6-8-15-12/h12,15H,3-9H2,1-2H3,(H,16,18). The number of hydrogen-bond donors (Lipinski definition) is 2. The molecule has 5 heteroatoms. The average Bonchev–Trinajstić information content (AvgIpc) is 2.87. The fraction of sp³-hybridized carbons (Fsp3) is 0.714. The molecule has 1 aliphatic heterocycles. The average molecular weight is 265 g/mol. The van der Waals surface area contributed by atoms with E-state index in [2.05, 4.69) is 15.8 Å². The van der Waals surface area contributed by atoms with E-state index in [4.69, 9.17) is 4.52 Å². The summed E-state index contributed by atoms with van der Waals surface area (Å²) in [5.41, 5.74) is 2.00. The molecule has 0 bridgehead atoms. The predicted octanol–water partition coefficient (Wildman–Crippen LogP) is 1.56. The van der Waals surface area contributed by atoms with Crippen LogP contribution in [0, 0.1) is 0 Å². The molecule has 2 N–H and O–H groups in total. The van der Waals surface area contributed by atoms with E-state index in [0.717, 1.165) is 55.7 Å². The number of carbonyl (C=O) groups is 1. The third-order valence-corrected chi connectivity index (χ3v) is 3.67. The van der Waals surface area contributed by atoms with Crippen LogP contribution in [0.4, 0.5) is 0 Å². The van der Waals surface area contributed by atoms with Crippen LogP contribution >= 0.6 is 0 Å². The van der Waals surface area contributed by atoms with Crippen LogP contribution in [0.2, 0.25) is 0 Å². The van der Waals surface area contributed by atoms with Crippen molar-refractivity contribution in [2.75, 3.05) is 6.54 Å². The first-order chi connectivity index (χ1) is 9.26. The van der Waals surface area contributed by atoms with E-state index in [-0.39, 0.29) is 11.9 Å². The zero-order valence-electron chi connectivity index (χ0n) is 11.8. The number of aromatic nitrogens is 1. The van der Waals surface area contributed by atoms with Gasteiger partial charge in [-0.25, -0.2) is 0 Å². The van der Waals surface area contributed by atoms with Crippen molar-refractivity contribution in [1.29, 1.82) is 0 Å². The van der Waals surface area contributed by atoms with Crippen LogP contribution in [0.25, 0.3) is 0 Å². The molecular formula is C14H23N3O2. The minimum Gasteiger partial charge on any atom is -0.361 e. The van der Waals surface area contributed by atoms with Crippen molar-refractivity contribution in [3.05, 3.63) is 17.0 Å². The molecule has 1 unspecified atom stereocenters. The maximum atomic E-state index is 12.1. The first-order valence-electron chi connectivity index (χ1n) is 7.23. The lowest BCUT2D eigenvalue weighted by atomic mass is 10.0. The molecule has 1 amide bonds. The van der Waals surface area contributed by atoms with Gasteiger partial charge in [-0.15, -0.1) is 0 Å². The molecule has 0 radical (unpaired) electrons. The van der Waals surface area contributed by atoms with E-state index < -0.39 is 0 Å². The number of carbonyl (C=O) groups excluding carboxylic acids is 1. The Morgan fingerprint density at radius 2 is 2.26 bits per heavy atom. The molecule has 1 aliphatic rings. The number of amides is 1. The summed E-state index contributed by atoms with van der Waals surface area (Å²) < 4.78 is 5.30. The molecule has 0 aromatic carbocycles. The largest absolute Gasteiger partial charge is 0.361 e. The fourth-order valence-electron chi connectivity index (χ4n) is 2.51. The quantitative estimate of drug-likeness (QED) is 0.848. The van der Waals surface area contributed by atoms with Crippen LogP contribution in [-0.2, 0) is 24.2 Å². The first kappa shape index (κ1) is 14.1. The number of nitrogens with one attached hydrogen (secondary N) is 2. The van der Waals surface area contributed by atoms with Gasteiger partial charge in [0.2, 0.25) is 5.91 Å². The lowest BCUT2D eigenvalue weighted by molar-refractivity contribution is -0.123. The molecule has 5 nitrogen and oxygen atoms in total. The Kier molecular flexibility index (Phi) is 4.96. The number of hydrogen-bond acceptors (Lipinski definition) is 4. The summed E-state index contributed by atoms with van der Waals surface area (Å²) >= 11 is 0. The van der Waals surface area contributed by atoms with Gasteiger partial charge in [-0.1, -0.05) is 25.4 Å². The molecule has 1 aromatic heterocycles. The Morgan fingerprint density at radius 3 is 2.89 bits per heavy atom. The van der Waals surface area contributed by atoms with Crippen molar-refractivity contribution in [1.82, 2.24) is 15.8 Å². The van der Waals surface area contributed by atoms with Gasteiger partial charge in [0.1, 0.15) is 5.76 Å².